The first kappa shape index (κ1) is 24.4. The van der Waals surface area contributed by atoms with Crippen molar-refractivity contribution in [3.63, 3.8) is 0 Å². The Hall–Kier alpha value is -3.30. The summed E-state index contributed by atoms with van der Waals surface area (Å²) in [7, 11) is 0. The van der Waals surface area contributed by atoms with Gasteiger partial charge in [-0.2, -0.15) is 4.98 Å². The molecule has 5 rings (SSSR count). The quantitative estimate of drug-likeness (QED) is 0.426. The highest BCUT2D eigenvalue weighted by Crippen LogP contribution is 2.31. The largest absolute Gasteiger partial charge is 0.328 e. The molecular formula is C27H34N6O3. The average Bonchev–Trinajstić information content (AvgIpc) is 2.93. The Morgan fingerprint density at radius 2 is 1.86 bits per heavy atom. The summed E-state index contributed by atoms with van der Waals surface area (Å²) in [5, 5.41) is 7.03. The molecule has 3 heterocycles. The van der Waals surface area contributed by atoms with E-state index in [0.717, 1.165) is 57.3 Å². The third-order valence-corrected chi connectivity index (χ3v) is 7.27. The lowest BCUT2D eigenvalue weighted by Crippen LogP contribution is -2.31. The monoisotopic (exact) mass is 490 g/mol. The highest BCUT2D eigenvalue weighted by atomic mass is 16.6. The Labute approximate surface area is 210 Å². The number of rotatable bonds is 7. The van der Waals surface area contributed by atoms with E-state index >= 15 is 0 Å². The standard InChI is InChI=1S/C27H34N6O3/c1-2-36-32-26(35)23-17-33(21-6-4-3-5-7-21)25-22(24(23)34)16-29-27(31-25)30-20-10-8-18(9-11-20)19-12-14-28-15-13-19/h8-11,16-17,19,21,28H,2-7,12-15H2,1H3,(H,32,35)(H,29,30,31). The number of aromatic nitrogens is 3. The van der Waals surface area contributed by atoms with E-state index in [1.54, 1.807) is 13.1 Å². The van der Waals surface area contributed by atoms with Gasteiger partial charge in [-0.1, -0.05) is 31.4 Å². The summed E-state index contributed by atoms with van der Waals surface area (Å²) in [6, 6.07) is 8.62. The van der Waals surface area contributed by atoms with E-state index in [1.807, 2.05) is 4.57 Å². The van der Waals surface area contributed by atoms with Gasteiger partial charge in [-0.25, -0.2) is 10.5 Å². The Kier molecular flexibility index (Phi) is 7.58. The molecule has 2 aliphatic rings. The second-order valence-corrected chi connectivity index (χ2v) is 9.64. The van der Waals surface area contributed by atoms with Gasteiger partial charge < -0.3 is 15.2 Å². The maximum atomic E-state index is 13.2. The number of carbonyl (C=O) groups is 1. The molecule has 1 amide bonds. The zero-order valence-electron chi connectivity index (χ0n) is 20.8. The number of nitrogens with zero attached hydrogens (tertiary/aromatic N) is 3. The van der Waals surface area contributed by atoms with Crippen LogP contribution < -0.4 is 21.5 Å². The molecule has 0 radical (unpaired) electrons. The Bertz CT molecular complexity index is 1260. The fraction of sp³-hybridized carbons (Fsp3) is 0.481. The van der Waals surface area contributed by atoms with Gasteiger partial charge in [0.05, 0.1) is 12.0 Å². The molecule has 0 atom stereocenters. The van der Waals surface area contributed by atoms with Gasteiger partial charge in [0.2, 0.25) is 11.4 Å². The SMILES string of the molecule is CCONC(=O)c1cn(C2CCCCC2)c2nc(Nc3ccc(C4CCNCC4)cc3)ncc2c1=O. The first-order valence-electron chi connectivity index (χ1n) is 13.1. The average molecular weight is 491 g/mol. The summed E-state index contributed by atoms with van der Waals surface area (Å²) < 4.78 is 1.99. The van der Waals surface area contributed by atoms with Gasteiger partial charge in [0.25, 0.3) is 5.91 Å². The van der Waals surface area contributed by atoms with Gasteiger partial charge in [0.1, 0.15) is 11.2 Å². The number of nitrogens with one attached hydrogen (secondary N) is 3. The van der Waals surface area contributed by atoms with Crippen LogP contribution in [0.25, 0.3) is 11.0 Å². The summed E-state index contributed by atoms with van der Waals surface area (Å²) >= 11 is 0. The van der Waals surface area contributed by atoms with Crippen LogP contribution in [0, 0.1) is 0 Å². The normalized spacial score (nSPS) is 17.2. The van der Waals surface area contributed by atoms with Crippen molar-refractivity contribution >= 4 is 28.6 Å². The van der Waals surface area contributed by atoms with E-state index in [4.69, 9.17) is 9.82 Å². The molecule has 1 aliphatic heterocycles. The minimum atomic E-state index is -0.552. The van der Waals surface area contributed by atoms with Crippen LogP contribution in [0.3, 0.4) is 0 Å². The third-order valence-electron chi connectivity index (χ3n) is 7.27. The van der Waals surface area contributed by atoms with Gasteiger partial charge >= 0.3 is 0 Å². The lowest BCUT2D eigenvalue weighted by atomic mass is 9.90. The molecule has 2 aromatic heterocycles. The van der Waals surface area contributed by atoms with Crippen molar-refractivity contribution < 1.29 is 9.63 Å². The van der Waals surface area contributed by atoms with Gasteiger partial charge in [-0.05, 0) is 69.3 Å². The summed E-state index contributed by atoms with van der Waals surface area (Å²) in [4.78, 5) is 40.0. The van der Waals surface area contributed by atoms with Crippen LogP contribution >= 0.6 is 0 Å². The molecule has 1 saturated heterocycles. The van der Waals surface area contributed by atoms with E-state index in [0.29, 0.717) is 29.5 Å². The van der Waals surface area contributed by atoms with Crippen molar-refractivity contribution in [2.75, 3.05) is 25.0 Å². The molecule has 36 heavy (non-hydrogen) atoms. The van der Waals surface area contributed by atoms with Crippen LogP contribution in [0.4, 0.5) is 11.6 Å². The number of benzene rings is 1. The Balaban J connectivity index is 1.46. The molecule has 0 bridgehead atoms. The lowest BCUT2D eigenvalue weighted by molar-refractivity contribution is 0.0363. The molecule has 0 unspecified atom stereocenters. The van der Waals surface area contributed by atoms with E-state index in [-0.39, 0.29) is 11.6 Å². The number of hydrogen-bond donors (Lipinski definition) is 3. The zero-order chi connectivity index (χ0) is 24.9. The molecule has 3 N–H and O–H groups in total. The fourth-order valence-electron chi connectivity index (χ4n) is 5.31. The minimum absolute atomic E-state index is 0.0411. The van der Waals surface area contributed by atoms with Crippen LogP contribution in [0.1, 0.15) is 79.8 Å². The second-order valence-electron chi connectivity index (χ2n) is 9.64. The predicted molar refractivity (Wildman–Crippen MR) is 140 cm³/mol. The van der Waals surface area contributed by atoms with Crippen LogP contribution in [-0.4, -0.2) is 40.1 Å². The lowest BCUT2D eigenvalue weighted by Gasteiger charge is -2.26. The number of piperidine rings is 1. The molecule has 9 heteroatoms. The first-order chi connectivity index (χ1) is 17.6. The number of fused-ring (bicyclic) bond motifs is 1. The molecule has 9 nitrogen and oxygen atoms in total. The van der Waals surface area contributed by atoms with Gasteiger partial charge in [-0.3, -0.25) is 14.4 Å². The number of anilines is 2. The van der Waals surface area contributed by atoms with Crippen molar-refractivity contribution in [1.29, 1.82) is 0 Å². The molecule has 1 aromatic carbocycles. The second kappa shape index (κ2) is 11.2. The highest BCUT2D eigenvalue weighted by Gasteiger charge is 2.23. The van der Waals surface area contributed by atoms with Gasteiger partial charge in [0.15, 0.2) is 0 Å². The topological polar surface area (TPSA) is 110 Å². The van der Waals surface area contributed by atoms with E-state index in [1.165, 1.54) is 18.2 Å². The number of hydroxylamine groups is 1. The zero-order valence-corrected chi connectivity index (χ0v) is 20.8. The van der Waals surface area contributed by atoms with Gasteiger partial charge in [-0.15, -0.1) is 0 Å². The van der Waals surface area contributed by atoms with Crippen molar-refractivity contribution in [2.24, 2.45) is 0 Å². The molecule has 3 aromatic rings. The number of pyridine rings is 1. The summed E-state index contributed by atoms with van der Waals surface area (Å²) in [5.74, 6) is 0.466. The Morgan fingerprint density at radius 3 is 2.58 bits per heavy atom. The maximum Gasteiger partial charge on any atom is 0.280 e. The number of amides is 1. The van der Waals surface area contributed by atoms with E-state index < -0.39 is 11.3 Å². The first-order valence-corrected chi connectivity index (χ1v) is 13.1. The molecule has 1 aliphatic carbocycles. The molecule has 2 fully saturated rings. The van der Waals surface area contributed by atoms with Crippen molar-refractivity contribution in [2.45, 2.75) is 63.8 Å². The molecule has 190 valence electrons. The number of carbonyl (C=O) groups excluding carboxylic acids is 1. The van der Waals surface area contributed by atoms with Crippen molar-refractivity contribution in [1.82, 2.24) is 25.3 Å². The smallest absolute Gasteiger partial charge is 0.280 e. The van der Waals surface area contributed by atoms with Crippen LogP contribution in [-0.2, 0) is 4.84 Å². The minimum Gasteiger partial charge on any atom is -0.328 e. The fourth-order valence-corrected chi connectivity index (χ4v) is 5.31. The van der Waals surface area contributed by atoms with Crippen molar-refractivity contribution in [3.8, 4) is 0 Å². The Morgan fingerprint density at radius 1 is 1.11 bits per heavy atom. The summed E-state index contributed by atoms with van der Waals surface area (Å²) in [6.45, 7) is 4.21. The van der Waals surface area contributed by atoms with Crippen LogP contribution in [0.15, 0.2) is 41.5 Å². The molecular weight excluding hydrogens is 456 g/mol. The van der Waals surface area contributed by atoms with Crippen molar-refractivity contribution in [3.05, 3.63) is 58.0 Å². The van der Waals surface area contributed by atoms with Crippen LogP contribution in [0.5, 0.6) is 0 Å². The molecule has 1 saturated carbocycles. The molecule has 0 spiro atoms. The van der Waals surface area contributed by atoms with E-state index in [2.05, 4.69) is 45.4 Å². The summed E-state index contributed by atoms with van der Waals surface area (Å²) in [6.07, 6.45) is 10.9. The maximum absolute atomic E-state index is 13.2. The van der Waals surface area contributed by atoms with Gasteiger partial charge in [0, 0.05) is 24.1 Å². The predicted octanol–water partition coefficient (Wildman–Crippen LogP) is 4.19. The number of hydrogen-bond acceptors (Lipinski definition) is 7. The van der Waals surface area contributed by atoms with Crippen LogP contribution in [0.2, 0.25) is 0 Å². The summed E-state index contributed by atoms with van der Waals surface area (Å²) in [5.41, 5.74) is 4.78. The highest BCUT2D eigenvalue weighted by molar-refractivity contribution is 5.96. The van der Waals surface area contributed by atoms with E-state index in [9.17, 15) is 9.59 Å². The third kappa shape index (κ3) is 5.27.